The van der Waals surface area contributed by atoms with Gasteiger partial charge in [0, 0.05) is 75.9 Å². The second-order valence-electron chi connectivity index (χ2n) is 23.9. The molecule has 0 aromatic heterocycles. The van der Waals surface area contributed by atoms with Crippen LogP contribution in [0, 0.1) is 35.5 Å². The standard InChI is InChI=1S/C61H93N3O15S/c1-35-18-12-11-13-19-36(2)48(74-8)32-43-25-23-41(7)61(73,79-43)57(69)58(70)64-27-17-16-20-45(64)59(71)78-49(33-46(65)37(3)29-40(6)55(68)56(76-10)54(67)39(5)28-35)38(4)30-42-24-26-47(50(31-42)75-9)77-52(66)22-15-14-21-51-53-44(34-80-51)62-60(72)63-53/h11-13,18-19,29,35,37-39,41-45,47-51,53,55-56,68,73H,14-17,20-28,30-34H2,1-10H3,(H2,62,63,72)/b13-11-,18-12-,36-19-,40-29-/t35-,37-,38-,39-,41-,42+,43+,44+,45?,47-,48+,49+,50-,51+,53+,55-,56+,61-/m1/s1. The van der Waals surface area contributed by atoms with Crippen molar-refractivity contribution in [1.29, 1.82) is 0 Å². The van der Waals surface area contributed by atoms with Gasteiger partial charge in [-0.1, -0.05) is 77.5 Å². The molecule has 1 unspecified atom stereocenters. The number of rotatable bonds is 12. The highest BCUT2D eigenvalue weighted by molar-refractivity contribution is 8.00. The molecule has 4 saturated heterocycles. The molecule has 3 amide bonds. The van der Waals surface area contributed by atoms with Crippen LogP contribution in [0.15, 0.2) is 47.6 Å². The van der Waals surface area contributed by atoms with Crippen molar-refractivity contribution >= 4 is 53.0 Å². The number of carbonyl (C=O) groups excluding carboxylic acids is 7. The fraction of sp³-hybridized carbons (Fsp3) is 0.754. The second-order valence-corrected chi connectivity index (χ2v) is 25.2. The lowest BCUT2D eigenvalue weighted by molar-refractivity contribution is -0.265. The Morgan fingerprint density at radius 2 is 1.64 bits per heavy atom. The first-order valence-corrected chi connectivity index (χ1v) is 30.5. The number of cyclic esters (lactones) is 1. The van der Waals surface area contributed by atoms with Gasteiger partial charge in [0.1, 0.15) is 36.2 Å². The lowest BCUT2D eigenvalue weighted by atomic mass is 9.78. The van der Waals surface area contributed by atoms with E-state index in [9.17, 15) is 43.8 Å². The Bertz CT molecular complexity index is 2290. The first kappa shape index (κ1) is 64.9. The molecule has 5 fully saturated rings. The van der Waals surface area contributed by atoms with Crippen LogP contribution in [0.3, 0.4) is 0 Å². The van der Waals surface area contributed by atoms with E-state index in [1.165, 1.54) is 12.0 Å². The van der Waals surface area contributed by atoms with Crippen molar-refractivity contribution in [3.63, 3.8) is 0 Å². The van der Waals surface area contributed by atoms with Gasteiger partial charge in [-0.3, -0.25) is 24.0 Å². The van der Waals surface area contributed by atoms with Crippen LogP contribution in [-0.2, 0) is 57.2 Å². The van der Waals surface area contributed by atoms with Crippen LogP contribution in [0.1, 0.15) is 151 Å². The number of fused-ring (bicyclic) bond motifs is 4. The van der Waals surface area contributed by atoms with E-state index < -0.39 is 95.9 Å². The maximum atomic E-state index is 14.6. The number of Topliss-reactive ketones (excluding diaryl/α,β-unsaturated/α-hetero) is 3. The number of hydrogen-bond acceptors (Lipinski definition) is 16. The largest absolute Gasteiger partial charge is 0.460 e. The van der Waals surface area contributed by atoms with Crippen LogP contribution in [0.4, 0.5) is 4.79 Å². The van der Waals surface area contributed by atoms with Gasteiger partial charge in [0.2, 0.25) is 5.79 Å². The van der Waals surface area contributed by atoms with Crippen molar-refractivity contribution in [1.82, 2.24) is 15.5 Å². The summed E-state index contributed by atoms with van der Waals surface area (Å²) in [6, 6.07) is -1.04. The van der Waals surface area contributed by atoms with Crippen LogP contribution in [0.5, 0.6) is 0 Å². The predicted molar refractivity (Wildman–Crippen MR) is 303 cm³/mol. The van der Waals surface area contributed by atoms with Crippen molar-refractivity contribution in [2.24, 2.45) is 35.5 Å². The third-order valence-corrected chi connectivity index (χ3v) is 19.3. The lowest BCUT2D eigenvalue weighted by Gasteiger charge is -2.42. The topological polar surface area (TPSA) is 243 Å². The number of aliphatic hydroxyl groups excluding tert-OH is 1. The molecule has 6 rings (SSSR count). The average Bonchev–Trinajstić information content (AvgIpc) is 4.08. The van der Waals surface area contributed by atoms with Crippen molar-refractivity contribution in [2.75, 3.05) is 33.6 Å². The smallest absolute Gasteiger partial charge is 0.329 e. The monoisotopic (exact) mass is 1140 g/mol. The van der Waals surface area contributed by atoms with E-state index in [1.54, 1.807) is 41.1 Å². The number of piperidine rings is 1. The van der Waals surface area contributed by atoms with E-state index in [4.69, 9.17) is 28.4 Å². The average molecular weight is 1140 g/mol. The van der Waals surface area contributed by atoms with E-state index in [0.29, 0.717) is 81.5 Å². The highest BCUT2D eigenvalue weighted by Crippen LogP contribution is 2.39. The number of thioether (sulfide) groups is 1. The molecule has 0 radical (unpaired) electrons. The number of aliphatic hydroxyl groups is 2. The predicted octanol–water partition coefficient (Wildman–Crippen LogP) is 7.46. The quantitative estimate of drug-likeness (QED) is 0.0487. The Morgan fingerprint density at radius 3 is 2.36 bits per heavy atom. The number of nitrogens with zero attached hydrogens (tertiary/aromatic N) is 1. The van der Waals surface area contributed by atoms with Crippen molar-refractivity contribution in [3.8, 4) is 0 Å². The third-order valence-electron chi connectivity index (χ3n) is 17.8. The van der Waals surface area contributed by atoms with Gasteiger partial charge in [-0.05, 0) is 120 Å². The van der Waals surface area contributed by atoms with Gasteiger partial charge in [-0.25, -0.2) is 9.59 Å². The number of ketones is 3. The Kier molecular flexibility index (Phi) is 24.6. The zero-order chi connectivity index (χ0) is 58.4. The number of ether oxygens (including phenoxy) is 6. The molecule has 1 saturated carbocycles. The summed E-state index contributed by atoms with van der Waals surface area (Å²) in [5, 5.41) is 29.9. The maximum Gasteiger partial charge on any atom is 0.329 e. The molecule has 18 atom stereocenters. The molecule has 2 bridgehead atoms. The molecule has 6 aliphatic rings. The van der Waals surface area contributed by atoms with Gasteiger partial charge in [0.05, 0.1) is 30.4 Å². The third kappa shape index (κ3) is 17.0. The number of amides is 3. The normalized spacial score (nSPS) is 39.3. The number of hydrogen-bond donors (Lipinski definition) is 4. The van der Waals surface area contributed by atoms with E-state index in [2.05, 4.69) is 10.6 Å². The van der Waals surface area contributed by atoms with Gasteiger partial charge in [0.15, 0.2) is 5.78 Å². The SMILES string of the molecule is CO[C@H]1C[C@@H]2CC[C@@H](C)[C@@](O)(O2)C(=O)C(=O)N2CCCCC2C(=O)O[C@H]([C@H](C)C[C@@H]2CC[C@@H](OC(=O)CCCC[C@@H]3SC[C@@H]4NC(=O)N[C@@H]43)[C@H](OC)C2)CC(=O)[C@H](C)/C=C(/C)[C@@H](O)[C@@H](OC)C(=O)[C@H](C)C[C@H](C)\C=C/C=C\C=C/1C. The van der Waals surface area contributed by atoms with E-state index in [-0.39, 0.29) is 73.3 Å². The first-order chi connectivity index (χ1) is 38.1. The lowest BCUT2D eigenvalue weighted by Crippen LogP contribution is -2.61. The number of allylic oxidation sites excluding steroid dienone is 6. The number of carbonyl (C=O) groups is 7. The van der Waals surface area contributed by atoms with Gasteiger partial charge < -0.3 is 54.2 Å². The molecule has 0 aromatic carbocycles. The number of esters is 2. The van der Waals surface area contributed by atoms with Crippen LogP contribution < -0.4 is 10.6 Å². The highest BCUT2D eigenvalue weighted by atomic mass is 32.2. The summed E-state index contributed by atoms with van der Waals surface area (Å²) >= 11 is 1.85. The van der Waals surface area contributed by atoms with E-state index >= 15 is 0 Å². The molecular weight excluding hydrogens is 1050 g/mol. The Morgan fingerprint density at radius 1 is 0.875 bits per heavy atom. The van der Waals surface area contributed by atoms with Crippen molar-refractivity contribution < 1.29 is 72.2 Å². The molecule has 0 aromatic rings. The Hall–Kier alpha value is -4.24. The molecular formula is C61H93N3O15S. The number of urea groups is 1. The molecule has 19 heteroatoms. The van der Waals surface area contributed by atoms with Gasteiger partial charge in [-0.2, -0.15) is 11.8 Å². The summed E-state index contributed by atoms with van der Waals surface area (Å²) in [7, 11) is 4.54. The van der Waals surface area contributed by atoms with E-state index in [0.717, 1.165) is 24.2 Å². The summed E-state index contributed by atoms with van der Waals surface area (Å²) in [5.74, 6) is -7.74. The molecule has 0 spiro atoms. The number of nitrogens with one attached hydrogen (secondary N) is 2. The highest BCUT2D eigenvalue weighted by Gasteiger charge is 2.53. The molecule has 448 valence electrons. The number of methoxy groups -OCH3 is 3. The Balaban J connectivity index is 1.19. The zero-order valence-electron chi connectivity index (χ0n) is 49.1. The summed E-state index contributed by atoms with van der Waals surface area (Å²) in [4.78, 5) is 97.8. The minimum atomic E-state index is -2.46. The van der Waals surface area contributed by atoms with Crippen LogP contribution in [-0.4, -0.2) is 162 Å². The molecule has 4 N–H and O–H groups in total. The zero-order valence-corrected chi connectivity index (χ0v) is 49.9. The van der Waals surface area contributed by atoms with Gasteiger partial charge >= 0.3 is 18.0 Å². The first-order valence-electron chi connectivity index (χ1n) is 29.5. The summed E-state index contributed by atoms with van der Waals surface area (Å²) in [5.41, 5.74) is 1.24. The summed E-state index contributed by atoms with van der Waals surface area (Å²) in [6.07, 6.45) is 13.5. The molecule has 5 aliphatic heterocycles. The Labute approximate surface area is 478 Å². The maximum absolute atomic E-state index is 14.6. The van der Waals surface area contributed by atoms with Gasteiger partial charge in [-0.15, -0.1) is 0 Å². The fourth-order valence-corrected chi connectivity index (χ4v) is 14.3. The number of unbranched alkanes of at least 4 members (excludes halogenated alkanes) is 1. The molecule has 80 heavy (non-hydrogen) atoms. The van der Waals surface area contributed by atoms with Crippen LogP contribution in [0.2, 0.25) is 0 Å². The van der Waals surface area contributed by atoms with Gasteiger partial charge in [0.25, 0.3) is 11.7 Å². The molecule has 5 heterocycles. The minimum Gasteiger partial charge on any atom is -0.460 e. The molecule has 1 aliphatic carbocycles. The van der Waals surface area contributed by atoms with E-state index in [1.807, 2.05) is 69.8 Å². The molecule has 18 nitrogen and oxygen atoms in total. The fourth-order valence-electron chi connectivity index (χ4n) is 12.7. The second kappa shape index (κ2) is 30.4. The van der Waals surface area contributed by atoms with Crippen LogP contribution in [0.25, 0.3) is 0 Å². The van der Waals surface area contributed by atoms with Crippen molar-refractivity contribution in [3.05, 3.63) is 47.6 Å². The minimum absolute atomic E-state index is 0.00000627. The van der Waals surface area contributed by atoms with Crippen LogP contribution >= 0.6 is 11.8 Å². The summed E-state index contributed by atoms with van der Waals surface area (Å²) < 4.78 is 36.0. The summed E-state index contributed by atoms with van der Waals surface area (Å²) in [6.45, 7) is 12.7. The van der Waals surface area contributed by atoms with Crippen molar-refractivity contribution in [2.45, 2.75) is 223 Å².